The predicted octanol–water partition coefficient (Wildman–Crippen LogP) is 3.25. The number of carbonyl (C=O) groups is 1. The highest BCUT2D eigenvalue weighted by Gasteiger charge is 2.07. The second-order valence-electron chi connectivity index (χ2n) is 4.49. The normalized spacial score (nSPS) is 10.4. The van der Waals surface area contributed by atoms with Crippen LogP contribution in [0.5, 0.6) is 5.75 Å². The smallest absolute Gasteiger partial charge is 0.335 e. The van der Waals surface area contributed by atoms with Crippen LogP contribution in [0, 0.1) is 5.82 Å². The molecule has 0 unspecified atom stereocenters. The molecule has 4 nitrogen and oxygen atoms in total. The lowest BCUT2D eigenvalue weighted by Crippen LogP contribution is -2.01. The minimum Gasteiger partial charge on any atom is -0.497 e. The van der Waals surface area contributed by atoms with Gasteiger partial charge in [-0.25, -0.2) is 9.18 Å². The van der Waals surface area contributed by atoms with E-state index in [0.717, 1.165) is 17.4 Å². The third-order valence-corrected chi connectivity index (χ3v) is 2.90. The molecule has 0 aliphatic carbocycles. The standard InChI is InChI=1S/C16H15FO4/c1-20-15-4-2-11(3-5-15)9-21-10-12-6-13(16(18)19)8-14(17)7-12/h2-8H,9-10H2,1H3,(H,18,19). The van der Waals surface area contributed by atoms with E-state index in [-0.39, 0.29) is 12.2 Å². The van der Waals surface area contributed by atoms with Crippen LogP contribution in [0.4, 0.5) is 4.39 Å². The van der Waals surface area contributed by atoms with E-state index in [4.69, 9.17) is 14.6 Å². The summed E-state index contributed by atoms with van der Waals surface area (Å²) in [5.74, 6) is -0.987. The molecular formula is C16H15FO4. The molecule has 2 aromatic carbocycles. The van der Waals surface area contributed by atoms with Gasteiger partial charge in [0.2, 0.25) is 0 Å². The monoisotopic (exact) mass is 290 g/mol. The Bertz CT molecular complexity index is 623. The molecule has 0 atom stereocenters. The van der Waals surface area contributed by atoms with Crippen molar-refractivity contribution in [2.75, 3.05) is 7.11 Å². The summed E-state index contributed by atoms with van der Waals surface area (Å²) in [5, 5.41) is 8.87. The zero-order valence-corrected chi connectivity index (χ0v) is 11.5. The lowest BCUT2D eigenvalue weighted by Gasteiger charge is -2.07. The lowest BCUT2D eigenvalue weighted by molar-refractivity contribution is 0.0695. The Kier molecular flexibility index (Phi) is 4.90. The number of hydrogen-bond acceptors (Lipinski definition) is 3. The Morgan fingerprint density at radius 2 is 1.76 bits per heavy atom. The summed E-state index contributed by atoms with van der Waals surface area (Å²) >= 11 is 0. The molecule has 0 saturated heterocycles. The summed E-state index contributed by atoms with van der Waals surface area (Å²) in [4.78, 5) is 10.8. The molecule has 1 N–H and O–H groups in total. The van der Waals surface area contributed by atoms with E-state index in [1.807, 2.05) is 24.3 Å². The van der Waals surface area contributed by atoms with E-state index in [1.54, 1.807) is 7.11 Å². The Morgan fingerprint density at radius 3 is 2.38 bits per heavy atom. The summed E-state index contributed by atoms with van der Waals surface area (Å²) in [7, 11) is 1.59. The Morgan fingerprint density at radius 1 is 1.10 bits per heavy atom. The number of carboxylic acids is 1. The molecule has 0 heterocycles. The van der Waals surface area contributed by atoms with E-state index in [9.17, 15) is 9.18 Å². The highest BCUT2D eigenvalue weighted by atomic mass is 19.1. The van der Waals surface area contributed by atoms with Crippen molar-refractivity contribution in [3.63, 3.8) is 0 Å². The van der Waals surface area contributed by atoms with Crippen LogP contribution in [0.3, 0.4) is 0 Å². The first kappa shape index (κ1) is 15.0. The highest BCUT2D eigenvalue weighted by molar-refractivity contribution is 5.87. The quantitative estimate of drug-likeness (QED) is 0.887. The van der Waals surface area contributed by atoms with Crippen LogP contribution in [0.2, 0.25) is 0 Å². The maximum atomic E-state index is 13.3. The molecule has 110 valence electrons. The van der Waals surface area contributed by atoms with Crippen LogP contribution in [0.25, 0.3) is 0 Å². The fraction of sp³-hybridized carbons (Fsp3) is 0.188. The molecule has 0 radical (unpaired) electrons. The van der Waals surface area contributed by atoms with E-state index < -0.39 is 11.8 Å². The second-order valence-corrected chi connectivity index (χ2v) is 4.49. The number of aromatic carboxylic acids is 1. The molecule has 0 amide bonds. The van der Waals surface area contributed by atoms with Crippen LogP contribution >= 0.6 is 0 Å². The molecule has 2 aromatic rings. The Labute approximate surface area is 121 Å². The van der Waals surface area contributed by atoms with Crippen molar-refractivity contribution in [2.24, 2.45) is 0 Å². The first-order chi connectivity index (χ1) is 10.1. The predicted molar refractivity (Wildman–Crippen MR) is 74.8 cm³/mol. The third kappa shape index (κ3) is 4.29. The number of halogens is 1. The summed E-state index contributed by atoms with van der Waals surface area (Å²) in [6.07, 6.45) is 0. The van der Waals surface area contributed by atoms with Gasteiger partial charge in [0.15, 0.2) is 0 Å². The molecule has 5 heteroatoms. The van der Waals surface area contributed by atoms with Crippen molar-refractivity contribution in [3.05, 3.63) is 65.0 Å². The van der Waals surface area contributed by atoms with Crippen LogP contribution in [0.1, 0.15) is 21.5 Å². The molecule has 0 aliphatic heterocycles. The minimum atomic E-state index is -1.16. The summed E-state index contributed by atoms with van der Waals surface area (Å²) in [5.41, 5.74) is 1.35. The molecule has 0 saturated carbocycles. The molecule has 2 rings (SSSR count). The zero-order valence-electron chi connectivity index (χ0n) is 11.5. The third-order valence-electron chi connectivity index (χ3n) is 2.90. The van der Waals surface area contributed by atoms with Crippen LogP contribution in [-0.4, -0.2) is 18.2 Å². The topological polar surface area (TPSA) is 55.8 Å². The minimum absolute atomic E-state index is 0.0851. The number of ether oxygens (including phenoxy) is 2. The van der Waals surface area contributed by atoms with E-state index in [0.29, 0.717) is 12.2 Å². The van der Waals surface area contributed by atoms with Crippen molar-refractivity contribution in [3.8, 4) is 5.75 Å². The number of carboxylic acid groups (broad SMARTS) is 1. The van der Waals surface area contributed by atoms with Gasteiger partial charge in [0.25, 0.3) is 0 Å². The molecule has 0 bridgehead atoms. The summed E-state index contributed by atoms with van der Waals surface area (Å²) < 4.78 is 23.8. The molecule has 0 aromatic heterocycles. The van der Waals surface area contributed by atoms with Crippen LogP contribution in [0.15, 0.2) is 42.5 Å². The van der Waals surface area contributed by atoms with Gasteiger partial charge in [0, 0.05) is 0 Å². The fourth-order valence-corrected chi connectivity index (χ4v) is 1.87. The van der Waals surface area contributed by atoms with Gasteiger partial charge in [0.05, 0.1) is 25.9 Å². The van der Waals surface area contributed by atoms with E-state index in [1.165, 1.54) is 12.1 Å². The fourth-order valence-electron chi connectivity index (χ4n) is 1.87. The summed E-state index contributed by atoms with van der Waals surface area (Å²) in [6.45, 7) is 0.493. The highest BCUT2D eigenvalue weighted by Crippen LogP contribution is 2.14. The maximum Gasteiger partial charge on any atom is 0.335 e. The second kappa shape index (κ2) is 6.85. The van der Waals surface area contributed by atoms with E-state index in [2.05, 4.69) is 0 Å². The molecular weight excluding hydrogens is 275 g/mol. The molecule has 0 spiro atoms. The lowest BCUT2D eigenvalue weighted by atomic mass is 10.1. The van der Waals surface area contributed by atoms with Crippen molar-refractivity contribution in [1.82, 2.24) is 0 Å². The van der Waals surface area contributed by atoms with Crippen LogP contribution < -0.4 is 4.74 Å². The van der Waals surface area contributed by atoms with Crippen molar-refractivity contribution >= 4 is 5.97 Å². The van der Waals surface area contributed by atoms with Gasteiger partial charge < -0.3 is 14.6 Å². The van der Waals surface area contributed by atoms with Gasteiger partial charge in [-0.2, -0.15) is 0 Å². The van der Waals surface area contributed by atoms with Crippen LogP contribution in [-0.2, 0) is 18.0 Å². The number of methoxy groups -OCH3 is 1. The summed E-state index contributed by atoms with van der Waals surface area (Å²) in [6, 6.07) is 11.0. The zero-order chi connectivity index (χ0) is 15.2. The molecule has 0 aliphatic rings. The van der Waals surface area contributed by atoms with Gasteiger partial charge >= 0.3 is 5.97 Å². The molecule has 21 heavy (non-hydrogen) atoms. The van der Waals surface area contributed by atoms with Gasteiger partial charge in [-0.05, 0) is 41.5 Å². The number of rotatable bonds is 6. The van der Waals surface area contributed by atoms with Gasteiger partial charge in [-0.3, -0.25) is 0 Å². The van der Waals surface area contributed by atoms with Crippen molar-refractivity contribution in [1.29, 1.82) is 0 Å². The van der Waals surface area contributed by atoms with Gasteiger partial charge in [-0.15, -0.1) is 0 Å². The van der Waals surface area contributed by atoms with Crippen molar-refractivity contribution in [2.45, 2.75) is 13.2 Å². The Balaban J connectivity index is 1.95. The van der Waals surface area contributed by atoms with Gasteiger partial charge in [-0.1, -0.05) is 12.1 Å². The maximum absolute atomic E-state index is 13.3. The molecule has 0 fully saturated rings. The first-order valence-electron chi connectivity index (χ1n) is 6.32. The van der Waals surface area contributed by atoms with Crippen molar-refractivity contribution < 1.29 is 23.8 Å². The average Bonchev–Trinajstić information content (AvgIpc) is 2.47. The first-order valence-corrected chi connectivity index (χ1v) is 6.32. The van der Waals surface area contributed by atoms with Gasteiger partial charge in [0.1, 0.15) is 11.6 Å². The number of benzene rings is 2. The van der Waals surface area contributed by atoms with E-state index >= 15 is 0 Å². The largest absolute Gasteiger partial charge is 0.497 e. The SMILES string of the molecule is COc1ccc(COCc2cc(F)cc(C(=O)O)c2)cc1. The average molecular weight is 290 g/mol. The number of hydrogen-bond donors (Lipinski definition) is 1. The Hall–Kier alpha value is -2.40.